The van der Waals surface area contributed by atoms with Crippen molar-refractivity contribution < 1.29 is 31.4 Å². The lowest BCUT2D eigenvalue weighted by Gasteiger charge is -2.38. The van der Waals surface area contributed by atoms with Gasteiger partial charge in [-0.25, -0.2) is 0 Å². The quantitative estimate of drug-likeness (QED) is 0.235. The fourth-order valence-corrected chi connectivity index (χ4v) is 6.27. The monoisotopic (exact) mass is 644 g/mol. The molecule has 2 aromatic heterocycles. The summed E-state index contributed by atoms with van der Waals surface area (Å²) < 4.78 is 46.3. The van der Waals surface area contributed by atoms with Gasteiger partial charge in [0.1, 0.15) is 5.58 Å². The van der Waals surface area contributed by atoms with Crippen molar-refractivity contribution in [1.29, 1.82) is 0 Å². The molecule has 11 nitrogen and oxygen atoms in total. The minimum atomic E-state index is -4.02. The van der Waals surface area contributed by atoms with Crippen molar-refractivity contribution in [3.63, 3.8) is 0 Å². The largest absolute Gasteiger partial charge is 0.453 e. The van der Waals surface area contributed by atoms with Crippen molar-refractivity contribution in [2.45, 2.75) is 31.1 Å². The Morgan fingerprint density at radius 2 is 1.74 bits per heavy atom. The molecular weight excluding hydrogens is 608 g/mol. The lowest BCUT2D eigenvalue weighted by Crippen LogP contribution is -2.46. The van der Waals surface area contributed by atoms with E-state index in [1.165, 1.54) is 17.7 Å². The minimum absolute atomic E-state index is 0.0666. The van der Waals surface area contributed by atoms with Gasteiger partial charge in [-0.05, 0) is 55.2 Å². The van der Waals surface area contributed by atoms with Crippen LogP contribution in [0.15, 0.2) is 92.7 Å². The first-order chi connectivity index (χ1) is 22.2. The Labute approximate surface area is 267 Å². The molecule has 2 aliphatic heterocycles. The highest BCUT2D eigenvalue weighted by atomic mass is 32.2. The third kappa shape index (κ3) is 7.71. The number of amides is 1. The van der Waals surface area contributed by atoms with Gasteiger partial charge >= 0.3 is 0 Å². The number of fused-ring (bicyclic) bond motifs is 2. The summed E-state index contributed by atoms with van der Waals surface area (Å²) in [7, 11) is -4.02. The van der Waals surface area contributed by atoms with Crippen LogP contribution in [0.1, 0.15) is 23.4 Å². The molecule has 1 saturated heterocycles. The van der Waals surface area contributed by atoms with Crippen LogP contribution < -0.4 is 4.90 Å². The summed E-state index contributed by atoms with van der Waals surface area (Å²) in [5.41, 5.74) is 3.98. The number of furan rings is 1. The molecule has 0 saturated carbocycles. The summed E-state index contributed by atoms with van der Waals surface area (Å²) in [6.07, 6.45) is 1.68. The van der Waals surface area contributed by atoms with Crippen LogP contribution in [-0.2, 0) is 32.5 Å². The van der Waals surface area contributed by atoms with E-state index in [0.29, 0.717) is 36.2 Å². The molecule has 240 valence electrons. The second-order valence-corrected chi connectivity index (χ2v) is 13.0. The summed E-state index contributed by atoms with van der Waals surface area (Å²) in [6.45, 7) is 7.02. The number of aryl methyl sites for hydroxylation is 2. The first kappa shape index (κ1) is 31.6. The molecule has 0 radical (unpaired) electrons. The van der Waals surface area contributed by atoms with Crippen LogP contribution in [0, 0.1) is 12.8 Å². The van der Waals surface area contributed by atoms with Crippen LogP contribution in [0.25, 0.3) is 22.6 Å². The Morgan fingerprint density at radius 1 is 1.00 bits per heavy atom. The smallest absolute Gasteiger partial charge is 0.294 e. The van der Waals surface area contributed by atoms with Crippen molar-refractivity contribution in [2.24, 2.45) is 5.92 Å². The molecule has 4 heterocycles. The van der Waals surface area contributed by atoms with E-state index < -0.39 is 10.1 Å². The van der Waals surface area contributed by atoms with Crippen molar-refractivity contribution in [3.05, 3.63) is 95.9 Å². The summed E-state index contributed by atoms with van der Waals surface area (Å²) in [6, 6.07) is 23.9. The topological polar surface area (TPSA) is 139 Å². The highest BCUT2D eigenvalue weighted by Gasteiger charge is 2.30. The Kier molecular flexibility index (Phi) is 9.59. The van der Waals surface area contributed by atoms with Crippen LogP contribution in [-0.4, -0.2) is 73.3 Å². The molecule has 1 atom stereocenters. The van der Waals surface area contributed by atoms with E-state index in [0.717, 1.165) is 68.0 Å². The van der Waals surface area contributed by atoms with Gasteiger partial charge in [-0.1, -0.05) is 59.3 Å². The second-order valence-electron chi connectivity index (χ2n) is 11.6. The molecule has 1 fully saturated rings. The Hall–Kier alpha value is -4.36. The van der Waals surface area contributed by atoms with Gasteiger partial charge in [0.25, 0.3) is 10.1 Å². The normalized spacial score (nSPS) is 16.9. The van der Waals surface area contributed by atoms with Gasteiger partial charge in [-0.15, -0.1) is 0 Å². The van der Waals surface area contributed by atoms with Crippen molar-refractivity contribution >= 4 is 32.7 Å². The minimum Gasteiger partial charge on any atom is -0.453 e. The maximum absolute atomic E-state index is 13.4. The molecule has 3 aromatic carbocycles. The lowest BCUT2D eigenvalue weighted by atomic mass is 9.91. The number of ether oxygens (including phenoxy) is 1. The lowest BCUT2D eigenvalue weighted by molar-refractivity contribution is -0.119. The van der Waals surface area contributed by atoms with Crippen LogP contribution in [0.5, 0.6) is 0 Å². The number of benzene rings is 3. The number of carbonyl (C=O) groups is 1. The Balaban J connectivity index is 0.000000288. The average Bonchev–Trinajstić information content (AvgIpc) is 3.71. The number of morpholine rings is 1. The molecule has 2 aliphatic rings. The number of aromatic nitrogens is 2. The summed E-state index contributed by atoms with van der Waals surface area (Å²) in [5.74, 6) is 1.87. The van der Waals surface area contributed by atoms with E-state index in [4.69, 9.17) is 18.2 Å². The number of anilines is 1. The standard InChI is InChI=1S/C27H28N4O4.C7H8O3S/c32-26(10-9-25-28-27(29-35-25)24-16-21-6-2-4-8-23(21)34-24)31-18-19(17-30-11-13-33-14-12-30)15-20-5-1-3-7-22(20)31;1-6-2-4-7(5-3-6)11(8,9)10/h1-8,16,19H,9-15,17-18H2;2-5H,1H3,(H,8,9,10). The van der Waals surface area contributed by atoms with Crippen LogP contribution in [0.4, 0.5) is 5.69 Å². The third-order valence-electron chi connectivity index (χ3n) is 8.14. The van der Waals surface area contributed by atoms with E-state index >= 15 is 0 Å². The maximum Gasteiger partial charge on any atom is 0.294 e. The number of carbonyl (C=O) groups excluding carboxylic acids is 1. The number of nitrogens with zero attached hydrogens (tertiary/aromatic N) is 4. The van der Waals surface area contributed by atoms with Crippen molar-refractivity contribution in [1.82, 2.24) is 15.0 Å². The van der Waals surface area contributed by atoms with Gasteiger partial charge in [0.05, 0.1) is 18.1 Å². The molecule has 7 rings (SSSR count). The average molecular weight is 645 g/mol. The van der Waals surface area contributed by atoms with E-state index in [9.17, 15) is 13.2 Å². The van der Waals surface area contributed by atoms with Gasteiger partial charge in [0.15, 0.2) is 5.76 Å². The number of hydrogen-bond donors (Lipinski definition) is 1. The third-order valence-corrected chi connectivity index (χ3v) is 9.01. The van der Waals surface area contributed by atoms with Gasteiger partial charge in [0, 0.05) is 50.1 Å². The Bertz CT molecular complexity index is 1860. The molecule has 0 aliphatic carbocycles. The first-order valence-electron chi connectivity index (χ1n) is 15.3. The van der Waals surface area contributed by atoms with Crippen LogP contribution in [0.2, 0.25) is 0 Å². The van der Waals surface area contributed by atoms with Gasteiger partial charge in [-0.3, -0.25) is 14.2 Å². The molecule has 46 heavy (non-hydrogen) atoms. The number of hydrogen-bond acceptors (Lipinski definition) is 9. The number of rotatable bonds is 7. The summed E-state index contributed by atoms with van der Waals surface area (Å²) >= 11 is 0. The molecule has 0 bridgehead atoms. The van der Waals surface area contributed by atoms with Crippen molar-refractivity contribution in [3.8, 4) is 11.6 Å². The van der Waals surface area contributed by atoms with E-state index in [1.54, 1.807) is 12.1 Å². The molecule has 0 spiro atoms. The zero-order chi connectivity index (χ0) is 32.1. The van der Waals surface area contributed by atoms with Gasteiger partial charge in [0.2, 0.25) is 17.6 Å². The summed E-state index contributed by atoms with van der Waals surface area (Å²) in [4.78, 5) is 22.1. The highest BCUT2D eigenvalue weighted by molar-refractivity contribution is 7.85. The zero-order valence-corrected chi connectivity index (χ0v) is 26.4. The van der Waals surface area contributed by atoms with Crippen LogP contribution >= 0.6 is 0 Å². The zero-order valence-electron chi connectivity index (χ0n) is 25.5. The molecule has 12 heteroatoms. The van der Waals surface area contributed by atoms with Gasteiger partial charge in [-0.2, -0.15) is 13.4 Å². The SMILES string of the molecule is Cc1ccc(S(=O)(=O)O)cc1.O=C(CCc1nc(-c2cc3ccccc3o2)no1)N1CC(CN2CCOCC2)Cc2ccccc21. The molecule has 1 unspecified atom stereocenters. The first-order valence-corrected chi connectivity index (χ1v) is 16.7. The summed E-state index contributed by atoms with van der Waals surface area (Å²) in [5, 5.41) is 5.05. The van der Waals surface area contributed by atoms with Crippen molar-refractivity contribution in [2.75, 3.05) is 44.3 Å². The van der Waals surface area contributed by atoms with E-state index in [-0.39, 0.29) is 10.8 Å². The number of para-hydroxylation sites is 2. The molecule has 1 N–H and O–H groups in total. The van der Waals surface area contributed by atoms with E-state index in [1.807, 2.05) is 54.3 Å². The predicted octanol–water partition coefficient (Wildman–Crippen LogP) is 5.19. The van der Waals surface area contributed by atoms with Gasteiger partial charge < -0.3 is 18.6 Å². The maximum atomic E-state index is 13.4. The fraction of sp³-hybridized carbons (Fsp3) is 0.324. The Morgan fingerprint density at radius 3 is 2.50 bits per heavy atom. The fourth-order valence-electron chi connectivity index (χ4n) is 5.79. The predicted molar refractivity (Wildman–Crippen MR) is 172 cm³/mol. The highest BCUT2D eigenvalue weighted by Crippen LogP contribution is 2.31. The molecule has 1 amide bonds. The van der Waals surface area contributed by atoms with E-state index in [2.05, 4.69) is 27.2 Å². The molecular formula is C34H36N4O7S. The molecule has 5 aromatic rings. The second kappa shape index (κ2) is 14.0. The van der Waals surface area contributed by atoms with Crippen LogP contribution in [0.3, 0.4) is 0 Å².